The van der Waals surface area contributed by atoms with E-state index in [9.17, 15) is 10.1 Å². The number of carbonyl (C=O) groups is 1. The average Bonchev–Trinajstić information content (AvgIpc) is 2.48. The van der Waals surface area contributed by atoms with Gasteiger partial charge in [0.1, 0.15) is 11.6 Å². The van der Waals surface area contributed by atoms with Gasteiger partial charge in [0.05, 0.1) is 6.07 Å². The van der Waals surface area contributed by atoms with Gasteiger partial charge in [0.15, 0.2) is 0 Å². The topological polar surface area (TPSA) is 56.6 Å². The van der Waals surface area contributed by atoms with Gasteiger partial charge >= 0.3 is 6.09 Å². The van der Waals surface area contributed by atoms with Crippen molar-refractivity contribution in [2.45, 2.75) is 32.4 Å². The molecule has 0 saturated carbocycles. The third-order valence-corrected chi connectivity index (χ3v) is 3.57. The fourth-order valence-corrected chi connectivity index (χ4v) is 2.49. The summed E-state index contributed by atoms with van der Waals surface area (Å²) in [5, 5.41) is 9.46. The normalized spacial score (nSPS) is 17.6. The summed E-state index contributed by atoms with van der Waals surface area (Å²) in [6, 6.07) is 11.9. The lowest BCUT2D eigenvalue weighted by atomic mass is 10.1. The maximum Gasteiger partial charge on any atom is 0.410 e. The zero-order valence-electron chi connectivity index (χ0n) is 13.5. The van der Waals surface area contributed by atoms with Crippen LogP contribution in [0.15, 0.2) is 30.3 Å². The molecule has 0 spiro atoms. The Morgan fingerprint density at radius 1 is 1.18 bits per heavy atom. The number of nitrogens with zero attached hydrogens (tertiary/aromatic N) is 3. The van der Waals surface area contributed by atoms with Crippen LogP contribution in [0, 0.1) is 11.3 Å². The Bertz CT molecular complexity index is 537. The Morgan fingerprint density at radius 2 is 1.77 bits per heavy atom. The molecule has 5 nitrogen and oxygen atoms in total. The molecule has 1 atom stereocenters. The van der Waals surface area contributed by atoms with Crippen LogP contribution in [0.3, 0.4) is 0 Å². The molecule has 0 radical (unpaired) electrons. The molecule has 0 unspecified atom stereocenters. The van der Waals surface area contributed by atoms with Crippen LogP contribution >= 0.6 is 0 Å². The minimum absolute atomic E-state index is 0.262. The zero-order valence-corrected chi connectivity index (χ0v) is 13.5. The Morgan fingerprint density at radius 3 is 2.27 bits per heavy atom. The first-order valence-corrected chi connectivity index (χ1v) is 7.57. The van der Waals surface area contributed by atoms with E-state index < -0.39 is 5.60 Å². The van der Waals surface area contributed by atoms with Gasteiger partial charge in [-0.2, -0.15) is 5.26 Å². The highest BCUT2D eigenvalue weighted by Gasteiger charge is 2.29. The molecule has 0 bridgehead atoms. The van der Waals surface area contributed by atoms with Gasteiger partial charge in [-0.15, -0.1) is 0 Å². The number of piperazine rings is 1. The van der Waals surface area contributed by atoms with Crippen molar-refractivity contribution in [3.05, 3.63) is 35.9 Å². The number of ether oxygens (including phenoxy) is 1. The summed E-state index contributed by atoms with van der Waals surface area (Å²) in [4.78, 5) is 15.9. The van der Waals surface area contributed by atoms with Gasteiger partial charge in [0.25, 0.3) is 0 Å². The van der Waals surface area contributed by atoms with Gasteiger partial charge in [-0.05, 0) is 26.3 Å². The summed E-state index contributed by atoms with van der Waals surface area (Å²) in [7, 11) is 0. The molecule has 0 N–H and O–H groups in total. The van der Waals surface area contributed by atoms with Crippen molar-refractivity contribution in [1.82, 2.24) is 9.80 Å². The van der Waals surface area contributed by atoms with Crippen LogP contribution in [0.2, 0.25) is 0 Å². The quantitative estimate of drug-likeness (QED) is 0.843. The molecule has 1 aromatic rings. The molecule has 118 valence electrons. The van der Waals surface area contributed by atoms with Gasteiger partial charge in [-0.25, -0.2) is 4.79 Å². The summed E-state index contributed by atoms with van der Waals surface area (Å²) in [6.07, 6.45) is -0.277. The lowest BCUT2D eigenvalue weighted by Gasteiger charge is -2.37. The van der Waals surface area contributed by atoms with Crippen LogP contribution in [-0.2, 0) is 4.74 Å². The number of benzene rings is 1. The summed E-state index contributed by atoms with van der Waals surface area (Å²) in [5.74, 6) is 0. The molecular formula is C17H23N3O2. The lowest BCUT2D eigenvalue weighted by molar-refractivity contribution is 0.0125. The molecule has 5 heteroatoms. The second kappa shape index (κ2) is 6.80. The molecule has 0 aliphatic carbocycles. The molecule has 22 heavy (non-hydrogen) atoms. The summed E-state index contributed by atoms with van der Waals surface area (Å²) in [5.41, 5.74) is 0.517. The van der Waals surface area contributed by atoms with Gasteiger partial charge in [-0.1, -0.05) is 30.3 Å². The summed E-state index contributed by atoms with van der Waals surface area (Å²) < 4.78 is 5.39. The largest absolute Gasteiger partial charge is 0.444 e. The second-order valence-electron chi connectivity index (χ2n) is 6.45. The van der Waals surface area contributed by atoms with E-state index >= 15 is 0 Å². The molecule has 2 rings (SSSR count). The van der Waals surface area contributed by atoms with Crippen LogP contribution in [-0.4, -0.2) is 47.7 Å². The highest BCUT2D eigenvalue weighted by Crippen LogP contribution is 2.22. The number of hydrogen-bond acceptors (Lipinski definition) is 4. The van der Waals surface area contributed by atoms with Crippen molar-refractivity contribution >= 4 is 6.09 Å². The predicted octanol–water partition coefficient (Wildman–Crippen LogP) is 2.80. The highest BCUT2D eigenvalue weighted by molar-refractivity contribution is 5.68. The van der Waals surface area contributed by atoms with Gasteiger partial charge < -0.3 is 9.64 Å². The van der Waals surface area contributed by atoms with Crippen LogP contribution in [0.25, 0.3) is 0 Å². The molecule has 1 heterocycles. The number of carbonyl (C=O) groups excluding carboxylic acids is 1. The fourth-order valence-electron chi connectivity index (χ4n) is 2.49. The molecule has 1 aromatic carbocycles. The molecule has 1 saturated heterocycles. The van der Waals surface area contributed by atoms with E-state index in [1.54, 1.807) is 4.90 Å². The predicted molar refractivity (Wildman–Crippen MR) is 84.2 cm³/mol. The summed E-state index contributed by atoms with van der Waals surface area (Å²) in [6.45, 7) is 8.10. The first kappa shape index (κ1) is 16.3. The van der Waals surface area contributed by atoms with Crippen molar-refractivity contribution in [3.8, 4) is 6.07 Å². The smallest absolute Gasteiger partial charge is 0.410 e. The second-order valence-corrected chi connectivity index (χ2v) is 6.45. The average molecular weight is 301 g/mol. The lowest BCUT2D eigenvalue weighted by Crippen LogP contribution is -2.50. The third kappa shape index (κ3) is 4.22. The number of nitriles is 1. The minimum Gasteiger partial charge on any atom is -0.444 e. The van der Waals surface area contributed by atoms with E-state index in [0.29, 0.717) is 26.2 Å². The molecule has 0 aromatic heterocycles. The summed E-state index contributed by atoms with van der Waals surface area (Å²) >= 11 is 0. The van der Waals surface area contributed by atoms with Crippen LogP contribution in [0.1, 0.15) is 32.4 Å². The van der Waals surface area contributed by atoms with Crippen LogP contribution < -0.4 is 0 Å². The van der Waals surface area contributed by atoms with Crippen molar-refractivity contribution < 1.29 is 9.53 Å². The van der Waals surface area contributed by atoms with Crippen LogP contribution in [0.5, 0.6) is 0 Å². The monoisotopic (exact) mass is 301 g/mol. The Kier molecular flexibility index (Phi) is 5.04. The van der Waals surface area contributed by atoms with Gasteiger partial charge in [0, 0.05) is 26.2 Å². The van der Waals surface area contributed by atoms with E-state index in [1.165, 1.54) is 0 Å². The van der Waals surface area contributed by atoms with Crippen molar-refractivity contribution in [2.75, 3.05) is 26.2 Å². The molecule has 1 fully saturated rings. The van der Waals surface area contributed by atoms with E-state index in [2.05, 4.69) is 11.0 Å². The van der Waals surface area contributed by atoms with Crippen molar-refractivity contribution in [3.63, 3.8) is 0 Å². The number of rotatable bonds is 2. The number of amides is 1. The van der Waals surface area contributed by atoms with E-state index in [0.717, 1.165) is 5.56 Å². The van der Waals surface area contributed by atoms with Crippen molar-refractivity contribution in [1.29, 1.82) is 5.26 Å². The van der Waals surface area contributed by atoms with Crippen molar-refractivity contribution in [2.24, 2.45) is 0 Å². The van der Waals surface area contributed by atoms with Gasteiger partial charge in [-0.3, -0.25) is 4.90 Å². The Labute approximate surface area is 132 Å². The third-order valence-electron chi connectivity index (χ3n) is 3.57. The van der Waals surface area contributed by atoms with E-state index in [4.69, 9.17) is 4.74 Å². The highest BCUT2D eigenvalue weighted by atomic mass is 16.6. The van der Waals surface area contributed by atoms with Crippen LogP contribution in [0.4, 0.5) is 4.79 Å². The van der Waals surface area contributed by atoms with E-state index in [1.807, 2.05) is 51.1 Å². The SMILES string of the molecule is CC(C)(C)OC(=O)N1CCN([C@@H](C#N)c2ccccc2)CC1. The molecular weight excluding hydrogens is 278 g/mol. The first-order valence-electron chi connectivity index (χ1n) is 7.57. The fraction of sp³-hybridized carbons (Fsp3) is 0.529. The molecule has 1 aliphatic rings. The number of hydrogen-bond donors (Lipinski definition) is 0. The molecule has 1 amide bonds. The van der Waals surface area contributed by atoms with E-state index in [-0.39, 0.29) is 12.1 Å². The molecule has 1 aliphatic heterocycles. The Balaban J connectivity index is 1.94. The minimum atomic E-state index is -0.479. The standard InChI is InChI=1S/C17H23N3O2/c1-17(2,3)22-16(21)20-11-9-19(10-12-20)15(13-18)14-7-5-4-6-8-14/h4-8,15H,9-12H2,1-3H3/t15-/m0/s1. The maximum atomic E-state index is 12.0. The first-order chi connectivity index (χ1) is 10.4. The zero-order chi connectivity index (χ0) is 16.2. The Hall–Kier alpha value is -2.06. The van der Waals surface area contributed by atoms with Gasteiger partial charge in [0.2, 0.25) is 0 Å². The maximum absolute atomic E-state index is 12.0.